The first-order valence-corrected chi connectivity index (χ1v) is 6.79. The van der Waals surface area contributed by atoms with Gasteiger partial charge in [-0.15, -0.1) is 0 Å². The SMILES string of the molecule is CCOc1ccc(NC2CCCCC2)c(C)c1. The lowest BCUT2D eigenvalue weighted by Crippen LogP contribution is -2.22. The van der Waals surface area contributed by atoms with Gasteiger partial charge >= 0.3 is 0 Å². The van der Waals surface area contributed by atoms with Gasteiger partial charge in [-0.3, -0.25) is 0 Å². The third-order valence-corrected chi connectivity index (χ3v) is 3.47. The van der Waals surface area contributed by atoms with E-state index < -0.39 is 0 Å². The van der Waals surface area contributed by atoms with Gasteiger partial charge < -0.3 is 10.1 Å². The molecular formula is C15H23NO. The first-order valence-electron chi connectivity index (χ1n) is 6.79. The van der Waals surface area contributed by atoms with E-state index in [9.17, 15) is 0 Å². The number of nitrogens with one attached hydrogen (secondary N) is 1. The van der Waals surface area contributed by atoms with E-state index in [0.717, 1.165) is 12.4 Å². The molecule has 0 aromatic heterocycles. The van der Waals surface area contributed by atoms with Crippen molar-refractivity contribution in [2.24, 2.45) is 0 Å². The van der Waals surface area contributed by atoms with E-state index in [4.69, 9.17) is 4.74 Å². The van der Waals surface area contributed by atoms with Crippen molar-refractivity contribution in [3.05, 3.63) is 23.8 Å². The Bertz CT molecular complexity index is 356. The van der Waals surface area contributed by atoms with Gasteiger partial charge in [-0.25, -0.2) is 0 Å². The van der Waals surface area contributed by atoms with E-state index in [0.29, 0.717) is 6.04 Å². The van der Waals surface area contributed by atoms with Crippen LogP contribution in [0.25, 0.3) is 0 Å². The van der Waals surface area contributed by atoms with Crippen LogP contribution in [0.1, 0.15) is 44.6 Å². The number of hydrogen-bond donors (Lipinski definition) is 1. The Balaban J connectivity index is 2.00. The molecular weight excluding hydrogens is 210 g/mol. The van der Waals surface area contributed by atoms with Crippen molar-refractivity contribution in [3.63, 3.8) is 0 Å². The van der Waals surface area contributed by atoms with Gasteiger partial charge in [0.25, 0.3) is 0 Å². The number of aryl methyl sites for hydroxylation is 1. The summed E-state index contributed by atoms with van der Waals surface area (Å²) in [6.07, 6.45) is 6.77. The average Bonchev–Trinajstić information content (AvgIpc) is 2.34. The van der Waals surface area contributed by atoms with E-state index in [1.807, 2.05) is 6.92 Å². The zero-order chi connectivity index (χ0) is 12.1. The van der Waals surface area contributed by atoms with E-state index in [1.165, 1.54) is 43.4 Å². The quantitative estimate of drug-likeness (QED) is 0.844. The molecule has 0 radical (unpaired) electrons. The zero-order valence-corrected chi connectivity index (χ0v) is 11.0. The highest BCUT2D eigenvalue weighted by Gasteiger charge is 2.13. The van der Waals surface area contributed by atoms with Gasteiger partial charge in [-0.2, -0.15) is 0 Å². The zero-order valence-electron chi connectivity index (χ0n) is 11.0. The number of hydrogen-bond acceptors (Lipinski definition) is 2. The molecule has 2 nitrogen and oxygen atoms in total. The van der Waals surface area contributed by atoms with Crippen LogP contribution in [0.15, 0.2) is 18.2 Å². The summed E-state index contributed by atoms with van der Waals surface area (Å²) >= 11 is 0. The standard InChI is InChI=1S/C15H23NO/c1-3-17-14-9-10-15(12(2)11-14)16-13-7-5-4-6-8-13/h9-11,13,16H,3-8H2,1-2H3. The molecule has 0 heterocycles. The Hall–Kier alpha value is -1.18. The summed E-state index contributed by atoms with van der Waals surface area (Å²) in [6, 6.07) is 6.99. The van der Waals surface area contributed by atoms with Crippen LogP contribution in [0, 0.1) is 6.92 Å². The van der Waals surface area contributed by atoms with Crippen molar-refractivity contribution in [2.75, 3.05) is 11.9 Å². The minimum Gasteiger partial charge on any atom is -0.494 e. The summed E-state index contributed by atoms with van der Waals surface area (Å²) in [5.41, 5.74) is 2.54. The van der Waals surface area contributed by atoms with E-state index in [1.54, 1.807) is 0 Å². The fourth-order valence-electron chi connectivity index (χ4n) is 2.52. The second kappa shape index (κ2) is 5.95. The van der Waals surface area contributed by atoms with E-state index in [-0.39, 0.29) is 0 Å². The molecule has 1 saturated carbocycles. The maximum absolute atomic E-state index is 5.50. The summed E-state index contributed by atoms with van der Waals surface area (Å²) in [5, 5.41) is 3.66. The third kappa shape index (κ3) is 3.39. The molecule has 1 aromatic carbocycles. The van der Waals surface area contributed by atoms with Gasteiger partial charge in [0.15, 0.2) is 0 Å². The minimum absolute atomic E-state index is 0.667. The molecule has 1 N–H and O–H groups in total. The second-order valence-corrected chi connectivity index (χ2v) is 4.89. The fraction of sp³-hybridized carbons (Fsp3) is 0.600. The maximum Gasteiger partial charge on any atom is 0.119 e. The largest absolute Gasteiger partial charge is 0.494 e. The highest BCUT2D eigenvalue weighted by atomic mass is 16.5. The molecule has 2 rings (SSSR count). The Labute approximate surface area is 104 Å². The molecule has 94 valence electrons. The van der Waals surface area contributed by atoms with Crippen LogP contribution >= 0.6 is 0 Å². The van der Waals surface area contributed by atoms with Crippen LogP contribution in [0.5, 0.6) is 5.75 Å². The summed E-state index contributed by atoms with van der Waals surface area (Å²) in [6.45, 7) is 4.89. The first-order chi connectivity index (χ1) is 8.29. The number of rotatable bonds is 4. The molecule has 17 heavy (non-hydrogen) atoms. The van der Waals surface area contributed by atoms with Crippen molar-refractivity contribution in [2.45, 2.75) is 52.0 Å². The summed E-state index contributed by atoms with van der Waals surface area (Å²) in [5.74, 6) is 0.971. The third-order valence-electron chi connectivity index (χ3n) is 3.47. The molecule has 2 heteroatoms. The highest BCUT2D eigenvalue weighted by Crippen LogP contribution is 2.26. The topological polar surface area (TPSA) is 21.3 Å². The molecule has 0 spiro atoms. The van der Waals surface area contributed by atoms with E-state index in [2.05, 4.69) is 30.4 Å². The summed E-state index contributed by atoms with van der Waals surface area (Å²) in [7, 11) is 0. The molecule has 1 aliphatic rings. The molecule has 0 saturated heterocycles. The van der Waals surface area contributed by atoms with Gasteiger partial charge in [-0.05, 0) is 50.5 Å². The normalized spacial score (nSPS) is 16.8. The predicted octanol–water partition coefficient (Wildman–Crippen LogP) is 4.14. The number of benzene rings is 1. The maximum atomic E-state index is 5.50. The van der Waals surface area contributed by atoms with Crippen LogP contribution < -0.4 is 10.1 Å². The fourth-order valence-corrected chi connectivity index (χ4v) is 2.52. The Morgan fingerprint density at radius 2 is 2.00 bits per heavy atom. The van der Waals surface area contributed by atoms with Crippen molar-refractivity contribution < 1.29 is 4.74 Å². The lowest BCUT2D eigenvalue weighted by molar-refractivity contribution is 0.340. The smallest absolute Gasteiger partial charge is 0.119 e. The average molecular weight is 233 g/mol. The number of ether oxygens (including phenoxy) is 1. The van der Waals surface area contributed by atoms with Crippen LogP contribution in [0.2, 0.25) is 0 Å². The molecule has 0 amide bonds. The van der Waals surface area contributed by atoms with Gasteiger partial charge in [0.05, 0.1) is 6.61 Å². The van der Waals surface area contributed by atoms with Crippen LogP contribution in [-0.2, 0) is 0 Å². The van der Waals surface area contributed by atoms with Gasteiger partial charge in [0.1, 0.15) is 5.75 Å². The van der Waals surface area contributed by atoms with Crippen molar-refractivity contribution in [1.82, 2.24) is 0 Å². The molecule has 1 aromatic rings. The minimum atomic E-state index is 0.667. The second-order valence-electron chi connectivity index (χ2n) is 4.89. The highest BCUT2D eigenvalue weighted by molar-refractivity contribution is 5.54. The molecule has 0 aliphatic heterocycles. The first kappa shape index (κ1) is 12.3. The van der Waals surface area contributed by atoms with Crippen molar-refractivity contribution in [3.8, 4) is 5.75 Å². The van der Waals surface area contributed by atoms with Gasteiger partial charge in [0.2, 0.25) is 0 Å². The van der Waals surface area contributed by atoms with Gasteiger partial charge in [-0.1, -0.05) is 19.3 Å². The Morgan fingerprint density at radius 1 is 1.24 bits per heavy atom. The Kier molecular flexibility index (Phi) is 4.29. The van der Waals surface area contributed by atoms with Crippen LogP contribution in [-0.4, -0.2) is 12.6 Å². The van der Waals surface area contributed by atoms with Crippen LogP contribution in [0.3, 0.4) is 0 Å². The van der Waals surface area contributed by atoms with Crippen molar-refractivity contribution >= 4 is 5.69 Å². The van der Waals surface area contributed by atoms with Crippen LogP contribution in [0.4, 0.5) is 5.69 Å². The summed E-state index contributed by atoms with van der Waals surface area (Å²) < 4.78 is 5.50. The monoisotopic (exact) mass is 233 g/mol. The van der Waals surface area contributed by atoms with Crippen molar-refractivity contribution in [1.29, 1.82) is 0 Å². The lowest BCUT2D eigenvalue weighted by atomic mass is 9.95. The molecule has 1 fully saturated rings. The summed E-state index contributed by atoms with van der Waals surface area (Å²) in [4.78, 5) is 0. The predicted molar refractivity (Wildman–Crippen MR) is 72.8 cm³/mol. The molecule has 0 unspecified atom stereocenters. The molecule has 0 bridgehead atoms. The lowest BCUT2D eigenvalue weighted by Gasteiger charge is -2.25. The van der Waals surface area contributed by atoms with E-state index >= 15 is 0 Å². The Morgan fingerprint density at radius 3 is 2.65 bits per heavy atom. The number of anilines is 1. The van der Waals surface area contributed by atoms with Gasteiger partial charge in [0, 0.05) is 11.7 Å². The molecule has 1 aliphatic carbocycles. The molecule has 0 atom stereocenters.